The first-order chi connectivity index (χ1) is 6.74. The van der Waals surface area contributed by atoms with Crippen molar-refractivity contribution in [2.75, 3.05) is 0 Å². The molecule has 1 aromatic rings. The van der Waals surface area contributed by atoms with Crippen LogP contribution in [0.4, 0.5) is 4.39 Å². The molecule has 0 amide bonds. The van der Waals surface area contributed by atoms with Crippen molar-refractivity contribution < 1.29 is 4.39 Å². The summed E-state index contributed by atoms with van der Waals surface area (Å²) >= 11 is 0. The molecule has 1 fully saturated rings. The number of halogens is 1. The number of hydrogen-bond donors (Lipinski definition) is 2. The molecule has 0 spiro atoms. The average molecular weight is 194 g/mol. The summed E-state index contributed by atoms with van der Waals surface area (Å²) in [6.45, 7) is 0.803. The van der Waals surface area contributed by atoms with E-state index in [1.807, 2.05) is 0 Å². The van der Waals surface area contributed by atoms with E-state index in [4.69, 9.17) is 5.73 Å². The highest BCUT2D eigenvalue weighted by Gasteiger charge is 2.24. The second-order valence-electron chi connectivity index (χ2n) is 3.94. The van der Waals surface area contributed by atoms with E-state index in [1.165, 1.54) is 12.1 Å². The Morgan fingerprint density at radius 2 is 1.93 bits per heavy atom. The third-order valence-corrected chi connectivity index (χ3v) is 2.68. The Morgan fingerprint density at radius 3 is 2.50 bits per heavy atom. The highest BCUT2D eigenvalue weighted by molar-refractivity contribution is 5.16. The Bertz CT molecular complexity index is 291. The van der Waals surface area contributed by atoms with Crippen LogP contribution in [0.25, 0.3) is 0 Å². The van der Waals surface area contributed by atoms with Gasteiger partial charge in [-0.15, -0.1) is 0 Å². The SMILES string of the molecule is NC1CC(NCc2ccc(F)cc2)C1. The first kappa shape index (κ1) is 9.62. The number of benzene rings is 1. The molecule has 1 saturated carbocycles. The van der Waals surface area contributed by atoms with Crippen LogP contribution in [-0.2, 0) is 6.54 Å². The summed E-state index contributed by atoms with van der Waals surface area (Å²) in [5, 5.41) is 3.38. The maximum atomic E-state index is 12.6. The summed E-state index contributed by atoms with van der Waals surface area (Å²) in [4.78, 5) is 0. The van der Waals surface area contributed by atoms with Gasteiger partial charge in [0.2, 0.25) is 0 Å². The first-order valence-electron chi connectivity index (χ1n) is 4.97. The molecule has 0 saturated heterocycles. The van der Waals surface area contributed by atoms with Gasteiger partial charge < -0.3 is 11.1 Å². The zero-order valence-electron chi connectivity index (χ0n) is 8.04. The van der Waals surface area contributed by atoms with Gasteiger partial charge in [-0.3, -0.25) is 0 Å². The maximum absolute atomic E-state index is 12.6. The lowest BCUT2D eigenvalue weighted by Crippen LogP contribution is -2.48. The molecule has 3 N–H and O–H groups in total. The minimum atomic E-state index is -0.181. The lowest BCUT2D eigenvalue weighted by atomic mass is 9.87. The standard InChI is InChI=1S/C11H15FN2/c12-9-3-1-8(2-4-9)7-14-11-5-10(13)6-11/h1-4,10-11,14H,5-7,13H2. The Hall–Kier alpha value is -0.930. The summed E-state index contributed by atoms with van der Waals surface area (Å²) in [6, 6.07) is 7.52. The molecule has 2 rings (SSSR count). The molecular formula is C11H15FN2. The summed E-state index contributed by atoms with van der Waals surface area (Å²) in [5.74, 6) is -0.181. The largest absolute Gasteiger partial charge is 0.328 e. The van der Waals surface area contributed by atoms with Gasteiger partial charge in [-0.25, -0.2) is 4.39 Å². The molecule has 0 radical (unpaired) electrons. The number of hydrogen-bond acceptors (Lipinski definition) is 2. The van der Waals surface area contributed by atoms with E-state index in [-0.39, 0.29) is 5.82 Å². The third-order valence-electron chi connectivity index (χ3n) is 2.68. The van der Waals surface area contributed by atoms with Crippen LogP contribution in [0, 0.1) is 5.82 Å². The monoisotopic (exact) mass is 194 g/mol. The topological polar surface area (TPSA) is 38.0 Å². The fourth-order valence-electron chi connectivity index (χ4n) is 1.69. The summed E-state index contributed by atoms with van der Waals surface area (Å²) in [7, 11) is 0. The van der Waals surface area contributed by atoms with E-state index in [1.54, 1.807) is 12.1 Å². The van der Waals surface area contributed by atoms with Crippen LogP contribution in [0.3, 0.4) is 0 Å². The van der Waals surface area contributed by atoms with E-state index in [0.717, 1.165) is 24.9 Å². The molecule has 1 aromatic carbocycles. The number of nitrogens with two attached hydrogens (primary N) is 1. The van der Waals surface area contributed by atoms with Gasteiger partial charge in [0.25, 0.3) is 0 Å². The van der Waals surface area contributed by atoms with Gasteiger partial charge in [-0.2, -0.15) is 0 Å². The van der Waals surface area contributed by atoms with Gasteiger partial charge in [-0.05, 0) is 30.5 Å². The van der Waals surface area contributed by atoms with E-state index in [0.29, 0.717) is 12.1 Å². The predicted octanol–water partition coefficient (Wildman–Crippen LogP) is 1.40. The normalized spacial score (nSPS) is 25.9. The Labute approximate surface area is 83.3 Å². The van der Waals surface area contributed by atoms with Crippen molar-refractivity contribution in [3.8, 4) is 0 Å². The van der Waals surface area contributed by atoms with E-state index in [2.05, 4.69) is 5.32 Å². The van der Waals surface area contributed by atoms with Crippen LogP contribution >= 0.6 is 0 Å². The van der Waals surface area contributed by atoms with Crippen LogP contribution in [0.5, 0.6) is 0 Å². The molecule has 0 atom stereocenters. The highest BCUT2D eigenvalue weighted by Crippen LogP contribution is 2.17. The maximum Gasteiger partial charge on any atom is 0.123 e. The van der Waals surface area contributed by atoms with E-state index >= 15 is 0 Å². The zero-order chi connectivity index (χ0) is 9.97. The molecule has 14 heavy (non-hydrogen) atoms. The predicted molar refractivity (Wildman–Crippen MR) is 54.2 cm³/mol. The molecular weight excluding hydrogens is 179 g/mol. The third kappa shape index (κ3) is 2.30. The van der Waals surface area contributed by atoms with Crippen molar-refractivity contribution in [1.29, 1.82) is 0 Å². The van der Waals surface area contributed by atoms with Crippen molar-refractivity contribution in [2.45, 2.75) is 31.5 Å². The van der Waals surface area contributed by atoms with Crippen molar-refractivity contribution in [3.05, 3.63) is 35.6 Å². The van der Waals surface area contributed by atoms with Gasteiger partial charge in [0.1, 0.15) is 5.82 Å². The lowest BCUT2D eigenvalue weighted by Gasteiger charge is -2.33. The summed E-state index contributed by atoms with van der Waals surface area (Å²) in [6.07, 6.45) is 2.11. The van der Waals surface area contributed by atoms with Gasteiger partial charge >= 0.3 is 0 Å². The van der Waals surface area contributed by atoms with Crippen molar-refractivity contribution in [1.82, 2.24) is 5.32 Å². The van der Waals surface area contributed by atoms with E-state index in [9.17, 15) is 4.39 Å². The van der Waals surface area contributed by atoms with Crippen molar-refractivity contribution in [2.24, 2.45) is 5.73 Å². The van der Waals surface area contributed by atoms with Gasteiger partial charge in [0.15, 0.2) is 0 Å². The average Bonchev–Trinajstić information content (AvgIpc) is 2.13. The van der Waals surface area contributed by atoms with Crippen molar-refractivity contribution in [3.63, 3.8) is 0 Å². The van der Waals surface area contributed by atoms with Crippen LogP contribution in [-0.4, -0.2) is 12.1 Å². The summed E-state index contributed by atoms with van der Waals surface area (Å²) in [5.41, 5.74) is 6.79. The van der Waals surface area contributed by atoms with Gasteiger partial charge in [0, 0.05) is 18.6 Å². The second kappa shape index (κ2) is 4.07. The molecule has 1 aliphatic rings. The zero-order valence-corrected chi connectivity index (χ0v) is 8.04. The van der Waals surface area contributed by atoms with Crippen LogP contribution in [0.15, 0.2) is 24.3 Å². The molecule has 0 unspecified atom stereocenters. The smallest absolute Gasteiger partial charge is 0.123 e. The van der Waals surface area contributed by atoms with Gasteiger partial charge in [-0.1, -0.05) is 12.1 Å². The quantitative estimate of drug-likeness (QED) is 0.763. The highest BCUT2D eigenvalue weighted by atomic mass is 19.1. The van der Waals surface area contributed by atoms with Gasteiger partial charge in [0.05, 0.1) is 0 Å². The fraction of sp³-hybridized carbons (Fsp3) is 0.455. The minimum Gasteiger partial charge on any atom is -0.328 e. The fourth-order valence-corrected chi connectivity index (χ4v) is 1.69. The number of nitrogens with one attached hydrogen (secondary N) is 1. The molecule has 0 aliphatic heterocycles. The first-order valence-corrected chi connectivity index (χ1v) is 4.97. The Kier molecular flexibility index (Phi) is 2.79. The summed E-state index contributed by atoms with van der Waals surface area (Å²) < 4.78 is 12.6. The molecule has 3 heteroatoms. The molecule has 0 bridgehead atoms. The molecule has 0 heterocycles. The molecule has 1 aliphatic carbocycles. The Balaban J connectivity index is 1.78. The van der Waals surface area contributed by atoms with E-state index < -0.39 is 0 Å². The molecule has 76 valence electrons. The second-order valence-corrected chi connectivity index (χ2v) is 3.94. The van der Waals surface area contributed by atoms with Crippen LogP contribution < -0.4 is 11.1 Å². The lowest BCUT2D eigenvalue weighted by molar-refractivity contribution is 0.291. The van der Waals surface area contributed by atoms with Crippen LogP contribution in [0.1, 0.15) is 18.4 Å². The van der Waals surface area contributed by atoms with Crippen molar-refractivity contribution >= 4 is 0 Å². The van der Waals surface area contributed by atoms with Crippen LogP contribution in [0.2, 0.25) is 0 Å². The number of rotatable bonds is 3. The molecule has 0 aromatic heterocycles. The molecule has 2 nitrogen and oxygen atoms in total. The minimum absolute atomic E-state index is 0.181. The Morgan fingerprint density at radius 1 is 1.29 bits per heavy atom.